The van der Waals surface area contributed by atoms with Crippen LogP contribution in [0.4, 0.5) is 0 Å². The Kier molecular flexibility index (Phi) is 6.75. The van der Waals surface area contributed by atoms with Gasteiger partial charge in [-0.05, 0) is 61.2 Å². The number of aliphatic hydroxyl groups excluding tert-OH is 1. The number of aliphatic hydroxyl groups is 1. The van der Waals surface area contributed by atoms with Crippen molar-refractivity contribution in [2.75, 3.05) is 26.2 Å². The van der Waals surface area contributed by atoms with Gasteiger partial charge in [-0.2, -0.15) is 0 Å². The number of aromatic nitrogens is 1. The number of carbonyl (C=O) groups excluding carboxylic acids is 1. The van der Waals surface area contributed by atoms with E-state index < -0.39 is 0 Å². The molecule has 1 aromatic carbocycles. The number of amides is 1. The summed E-state index contributed by atoms with van der Waals surface area (Å²) in [5.41, 5.74) is 2.84. The van der Waals surface area contributed by atoms with Crippen LogP contribution in [0.3, 0.4) is 0 Å². The second-order valence-corrected chi connectivity index (χ2v) is 6.79. The number of piperidine rings is 1. The molecule has 1 fully saturated rings. The molecule has 1 amide bonds. The van der Waals surface area contributed by atoms with Crippen molar-refractivity contribution < 1.29 is 9.90 Å². The molecule has 138 valence electrons. The van der Waals surface area contributed by atoms with Crippen LogP contribution in [-0.2, 0) is 0 Å². The van der Waals surface area contributed by atoms with Crippen molar-refractivity contribution in [3.63, 3.8) is 0 Å². The molecule has 5 heteroatoms. The van der Waals surface area contributed by atoms with Crippen molar-refractivity contribution in [3.05, 3.63) is 54.4 Å². The van der Waals surface area contributed by atoms with Gasteiger partial charge in [0.1, 0.15) is 0 Å². The molecule has 1 aromatic heterocycles. The van der Waals surface area contributed by atoms with Gasteiger partial charge in [0, 0.05) is 37.1 Å². The fourth-order valence-electron chi connectivity index (χ4n) is 3.51. The molecule has 2 aromatic rings. The van der Waals surface area contributed by atoms with Gasteiger partial charge < -0.3 is 10.4 Å². The van der Waals surface area contributed by atoms with Crippen LogP contribution in [0.2, 0.25) is 0 Å². The third-order valence-electron chi connectivity index (χ3n) is 5.03. The van der Waals surface area contributed by atoms with E-state index in [4.69, 9.17) is 0 Å². The molecule has 2 heterocycles. The van der Waals surface area contributed by atoms with Crippen molar-refractivity contribution in [3.8, 4) is 11.1 Å². The number of likely N-dealkylation sites (tertiary alicyclic amines) is 1. The minimum atomic E-state index is -0.0383. The Morgan fingerprint density at radius 1 is 1.12 bits per heavy atom. The Balaban J connectivity index is 1.45. The molecule has 1 aliphatic heterocycles. The Labute approximate surface area is 155 Å². The summed E-state index contributed by atoms with van der Waals surface area (Å²) in [5, 5.41) is 12.4. The summed E-state index contributed by atoms with van der Waals surface area (Å²) in [4.78, 5) is 18.7. The number of carbonyl (C=O) groups is 1. The molecule has 1 saturated heterocycles. The molecule has 0 unspecified atom stereocenters. The molecule has 2 N–H and O–H groups in total. The van der Waals surface area contributed by atoms with Crippen LogP contribution >= 0.6 is 0 Å². The van der Waals surface area contributed by atoms with E-state index in [0.717, 1.165) is 37.1 Å². The smallest absolute Gasteiger partial charge is 0.251 e. The van der Waals surface area contributed by atoms with Gasteiger partial charge in [-0.15, -0.1) is 0 Å². The molecule has 0 spiro atoms. The Hall–Kier alpha value is -2.24. The number of pyridine rings is 1. The maximum Gasteiger partial charge on any atom is 0.251 e. The van der Waals surface area contributed by atoms with E-state index in [2.05, 4.69) is 15.2 Å². The second kappa shape index (κ2) is 9.46. The van der Waals surface area contributed by atoms with Crippen molar-refractivity contribution in [1.29, 1.82) is 0 Å². The first-order valence-corrected chi connectivity index (χ1v) is 9.41. The highest BCUT2D eigenvalue weighted by molar-refractivity contribution is 5.94. The lowest BCUT2D eigenvalue weighted by Crippen LogP contribution is -2.43. The van der Waals surface area contributed by atoms with Gasteiger partial charge in [-0.1, -0.05) is 18.6 Å². The molecule has 1 atom stereocenters. The molecule has 3 rings (SSSR count). The zero-order valence-corrected chi connectivity index (χ0v) is 15.1. The number of benzene rings is 1. The maximum atomic E-state index is 12.3. The largest absolute Gasteiger partial charge is 0.395 e. The van der Waals surface area contributed by atoms with Crippen LogP contribution in [0.5, 0.6) is 0 Å². The van der Waals surface area contributed by atoms with Crippen molar-refractivity contribution in [2.45, 2.75) is 31.7 Å². The monoisotopic (exact) mass is 353 g/mol. The second-order valence-electron chi connectivity index (χ2n) is 6.79. The summed E-state index contributed by atoms with van der Waals surface area (Å²) in [7, 11) is 0. The highest BCUT2D eigenvalue weighted by Gasteiger charge is 2.20. The van der Waals surface area contributed by atoms with Crippen molar-refractivity contribution in [2.24, 2.45) is 0 Å². The first kappa shape index (κ1) is 18.5. The zero-order valence-electron chi connectivity index (χ0n) is 15.1. The van der Waals surface area contributed by atoms with Gasteiger partial charge in [0.05, 0.1) is 6.61 Å². The Morgan fingerprint density at radius 3 is 2.58 bits per heavy atom. The molecule has 0 radical (unpaired) electrons. The molecular weight excluding hydrogens is 326 g/mol. The molecule has 0 bridgehead atoms. The number of hydrogen-bond acceptors (Lipinski definition) is 4. The van der Waals surface area contributed by atoms with Crippen LogP contribution in [0.1, 0.15) is 36.0 Å². The Morgan fingerprint density at radius 2 is 1.85 bits per heavy atom. The van der Waals surface area contributed by atoms with E-state index in [-0.39, 0.29) is 12.5 Å². The third kappa shape index (κ3) is 4.90. The van der Waals surface area contributed by atoms with Gasteiger partial charge in [-0.25, -0.2) is 0 Å². The average Bonchev–Trinajstić information content (AvgIpc) is 2.72. The number of nitrogens with one attached hydrogen (secondary N) is 1. The van der Waals surface area contributed by atoms with Crippen LogP contribution in [0.25, 0.3) is 11.1 Å². The van der Waals surface area contributed by atoms with E-state index >= 15 is 0 Å². The van der Waals surface area contributed by atoms with E-state index in [1.165, 1.54) is 12.8 Å². The van der Waals surface area contributed by atoms with Crippen LogP contribution < -0.4 is 5.32 Å². The summed E-state index contributed by atoms with van der Waals surface area (Å²) in [6, 6.07) is 11.8. The van der Waals surface area contributed by atoms with Crippen LogP contribution in [0, 0.1) is 0 Å². The maximum absolute atomic E-state index is 12.3. The molecule has 0 aliphatic carbocycles. The lowest BCUT2D eigenvalue weighted by atomic mass is 10.0. The first-order chi connectivity index (χ1) is 12.8. The first-order valence-electron chi connectivity index (χ1n) is 9.41. The topological polar surface area (TPSA) is 65.5 Å². The third-order valence-corrected chi connectivity index (χ3v) is 5.03. The fraction of sp³-hybridized carbons (Fsp3) is 0.429. The lowest BCUT2D eigenvalue weighted by molar-refractivity contribution is 0.0868. The summed E-state index contributed by atoms with van der Waals surface area (Å²) < 4.78 is 0. The van der Waals surface area contributed by atoms with E-state index in [1.807, 2.05) is 36.4 Å². The van der Waals surface area contributed by atoms with E-state index in [1.54, 1.807) is 12.4 Å². The molecule has 0 saturated carbocycles. The number of nitrogens with zero attached hydrogens (tertiary/aromatic N) is 2. The molecule has 26 heavy (non-hydrogen) atoms. The van der Waals surface area contributed by atoms with Gasteiger partial charge in [0.25, 0.3) is 5.91 Å². The molecular formula is C21H27N3O2. The Bertz CT molecular complexity index is 688. The SMILES string of the molecule is O=C(NCCCN1CCCC[C@H]1CO)c1ccc(-c2ccncc2)cc1. The van der Waals surface area contributed by atoms with E-state index in [9.17, 15) is 9.90 Å². The predicted molar refractivity (Wildman–Crippen MR) is 103 cm³/mol. The van der Waals surface area contributed by atoms with Crippen LogP contribution in [0.15, 0.2) is 48.8 Å². The summed E-state index contributed by atoms with van der Waals surface area (Å²) in [6.45, 7) is 2.86. The minimum absolute atomic E-state index is 0.0383. The lowest BCUT2D eigenvalue weighted by Gasteiger charge is -2.34. The summed E-state index contributed by atoms with van der Waals surface area (Å²) in [6.07, 6.45) is 7.91. The van der Waals surface area contributed by atoms with Gasteiger partial charge in [0.2, 0.25) is 0 Å². The van der Waals surface area contributed by atoms with Crippen molar-refractivity contribution in [1.82, 2.24) is 15.2 Å². The van der Waals surface area contributed by atoms with Gasteiger partial charge in [0.15, 0.2) is 0 Å². The summed E-state index contributed by atoms with van der Waals surface area (Å²) in [5.74, 6) is -0.0383. The molecule has 1 aliphatic rings. The minimum Gasteiger partial charge on any atom is -0.395 e. The molecule has 5 nitrogen and oxygen atoms in total. The fourth-order valence-corrected chi connectivity index (χ4v) is 3.51. The zero-order chi connectivity index (χ0) is 18.2. The quantitative estimate of drug-likeness (QED) is 0.751. The number of hydrogen-bond donors (Lipinski definition) is 2. The van der Waals surface area contributed by atoms with Crippen LogP contribution in [-0.4, -0.2) is 53.2 Å². The highest BCUT2D eigenvalue weighted by Crippen LogP contribution is 2.19. The standard InChI is InChI=1S/C21H27N3O2/c25-16-20-4-1-2-14-24(20)15-3-11-23-21(26)19-7-5-17(6-8-19)18-9-12-22-13-10-18/h5-10,12-13,20,25H,1-4,11,14-16H2,(H,23,26)/t20-/m0/s1. The van der Waals surface area contributed by atoms with E-state index in [0.29, 0.717) is 18.2 Å². The van der Waals surface area contributed by atoms with Gasteiger partial charge >= 0.3 is 0 Å². The summed E-state index contributed by atoms with van der Waals surface area (Å²) >= 11 is 0. The predicted octanol–water partition coefficient (Wildman–Crippen LogP) is 2.72. The normalized spacial score (nSPS) is 17.8. The van der Waals surface area contributed by atoms with Gasteiger partial charge in [-0.3, -0.25) is 14.7 Å². The highest BCUT2D eigenvalue weighted by atomic mass is 16.3. The average molecular weight is 353 g/mol. The van der Waals surface area contributed by atoms with Crippen molar-refractivity contribution >= 4 is 5.91 Å². The number of rotatable bonds is 7.